The van der Waals surface area contributed by atoms with Crippen molar-refractivity contribution in [3.63, 3.8) is 0 Å². The van der Waals surface area contributed by atoms with Crippen LogP contribution in [0.5, 0.6) is 11.5 Å². The van der Waals surface area contributed by atoms with Gasteiger partial charge in [-0.15, -0.1) is 0 Å². The minimum atomic E-state index is -0.503. The monoisotopic (exact) mass is 335 g/mol. The van der Waals surface area contributed by atoms with Crippen LogP contribution in [0.4, 0.5) is 0 Å². The van der Waals surface area contributed by atoms with Gasteiger partial charge in [-0.2, -0.15) is 0 Å². The van der Waals surface area contributed by atoms with Gasteiger partial charge in [0.1, 0.15) is 18.1 Å². The molecule has 3 rings (SSSR count). The summed E-state index contributed by atoms with van der Waals surface area (Å²) in [5.41, 5.74) is 1.63. The molecule has 1 aliphatic rings. The van der Waals surface area contributed by atoms with Gasteiger partial charge >= 0.3 is 5.97 Å². The molecule has 0 N–H and O–H groups in total. The average Bonchev–Trinajstić information content (AvgIpc) is 3.01. The van der Waals surface area contributed by atoms with Gasteiger partial charge in [0.15, 0.2) is 5.70 Å². The van der Waals surface area contributed by atoms with Crippen LogP contribution in [0, 0.1) is 0 Å². The van der Waals surface area contributed by atoms with Crippen molar-refractivity contribution in [3.8, 4) is 11.5 Å². The standard InChI is InChI=1S/C20H17NO4/c1-3-11-24-18-10-5-4-7-14(18)13-17-20(22)25-19(21-17)15-8-6-9-16(12-15)23-2/h3-10,12-13H,1,11H2,2H3/b17-13+. The molecule has 0 aliphatic carbocycles. The zero-order valence-corrected chi connectivity index (χ0v) is 13.8. The minimum Gasteiger partial charge on any atom is -0.497 e. The quantitative estimate of drug-likeness (QED) is 0.460. The highest BCUT2D eigenvalue weighted by Gasteiger charge is 2.24. The molecule has 0 atom stereocenters. The van der Waals surface area contributed by atoms with E-state index >= 15 is 0 Å². The molecule has 126 valence electrons. The number of ether oxygens (including phenoxy) is 3. The van der Waals surface area contributed by atoms with Crippen LogP contribution in [0.3, 0.4) is 0 Å². The third kappa shape index (κ3) is 3.77. The molecule has 0 amide bonds. The molecule has 5 heteroatoms. The summed E-state index contributed by atoms with van der Waals surface area (Å²) in [7, 11) is 1.58. The van der Waals surface area contributed by atoms with Crippen molar-refractivity contribution < 1.29 is 19.0 Å². The summed E-state index contributed by atoms with van der Waals surface area (Å²) < 4.78 is 16.1. The third-order valence-electron chi connectivity index (χ3n) is 3.51. The van der Waals surface area contributed by atoms with Crippen molar-refractivity contribution in [1.29, 1.82) is 0 Å². The lowest BCUT2D eigenvalue weighted by Crippen LogP contribution is -2.05. The van der Waals surface area contributed by atoms with Crippen LogP contribution in [-0.2, 0) is 9.53 Å². The lowest BCUT2D eigenvalue weighted by atomic mass is 10.1. The highest BCUT2D eigenvalue weighted by atomic mass is 16.6. The number of esters is 1. The fourth-order valence-corrected chi connectivity index (χ4v) is 2.32. The Kier molecular flexibility index (Phi) is 4.95. The van der Waals surface area contributed by atoms with Crippen LogP contribution < -0.4 is 9.47 Å². The van der Waals surface area contributed by atoms with E-state index in [-0.39, 0.29) is 11.6 Å². The van der Waals surface area contributed by atoms with Crippen molar-refractivity contribution in [1.82, 2.24) is 0 Å². The summed E-state index contributed by atoms with van der Waals surface area (Å²) in [6.07, 6.45) is 3.31. The van der Waals surface area contributed by atoms with Gasteiger partial charge in [0.2, 0.25) is 5.90 Å². The van der Waals surface area contributed by atoms with Gasteiger partial charge in [-0.25, -0.2) is 9.79 Å². The molecule has 0 saturated heterocycles. The van der Waals surface area contributed by atoms with Crippen LogP contribution in [-0.4, -0.2) is 25.6 Å². The summed E-state index contributed by atoms with van der Waals surface area (Å²) >= 11 is 0. The van der Waals surface area contributed by atoms with Crippen LogP contribution in [0.25, 0.3) is 6.08 Å². The predicted octanol–water partition coefficient (Wildman–Crippen LogP) is 3.60. The number of cyclic esters (lactones) is 1. The van der Waals surface area contributed by atoms with Crippen molar-refractivity contribution in [3.05, 3.63) is 78.0 Å². The number of hydrogen-bond donors (Lipinski definition) is 0. The van der Waals surface area contributed by atoms with Crippen molar-refractivity contribution in [2.24, 2.45) is 4.99 Å². The fraction of sp³-hybridized carbons (Fsp3) is 0.100. The van der Waals surface area contributed by atoms with Crippen LogP contribution in [0.2, 0.25) is 0 Å². The summed E-state index contributed by atoms with van der Waals surface area (Å²) in [4.78, 5) is 16.5. The zero-order valence-electron chi connectivity index (χ0n) is 13.8. The highest BCUT2D eigenvalue weighted by molar-refractivity contribution is 6.13. The van der Waals surface area contributed by atoms with Gasteiger partial charge in [0.05, 0.1) is 7.11 Å². The number of carbonyl (C=O) groups is 1. The van der Waals surface area contributed by atoms with E-state index in [4.69, 9.17) is 14.2 Å². The number of methoxy groups -OCH3 is 1. The first-order valence-electron chi connectivity index (χ1n) is 7.71. The number of carbonyl (C=O) groups excluding carboxylic acids is 1. The van der Waals surface area contributed by atoms with Crippen LogP contribution in [0.15, 0.2) is 71.9 Å². The third-order valence-corrected chi connectivity index (χ3v) is 3.51. The van der Waals surface area contributed by atoms with E-state index in [1.165, 1.54) is 0 Å². The summed E-state index contributed by atoms with van der Waals surface area (Å²) in [6, 6.07) is 14.6. The number of rotatable bonds is 6. The van der Waals surface area contributed by atoms with Crippen molar-refractivity contribution in [2.45, 2.75) is 0 Å². The largest absolute Gasteiger partial charge is 0.497 e. The molecule has 0 radical (unpaired) electrons. The molecule has 0 fully saturated rings. The first kappa shape index (κ1) is 16.5. The van der Waals surface area contributed by atoms with Crippen LogP contribution >= 0.6 is 0 Å². The number of para-hydroxylation sites is 1. The molecule has 0 unspecified atom stereocenters. The van der Waals surface area contributed by atoms with E-state index in [2.05, 4.69) is 11.6 Å². The second-order valence-corrected chi connectivity index (χ2v) is 5.21. The number of nitrogens with zero attached hydrogens (tertiary/aromatic N) is 1. The normalized spacial score (nSPS) is 14.8. The predicted molar refractivity (Wildman–Crippen MR) is 95.7 cm³/mol. The van der Waals surface area contributed by atoms with Crippen molar-refractivity contribution in [2.75, 3.05) is 13.7 Å². The van der Waals surface area contributed by atoms with Gasteiger partial charge in [0, 0.05) is 11.1 Å². The zero-order chi connectivity index (χ0) is 17.6. The Morgan fingerprint density at radius 2 is 2.04 bits per heavy atom. The van der Waals surface area contributed by atoms with Crippen molar-refractivity contribution >= 4 is 17.9 Å². The SMILES string of the molecule is C=CCOc1ccccc1/C=C1/N=C(c2cccc(OC)c2)OC1=O. The Balaban J connectivity index is 1.92. The molecule has 0 spiro atoms. The summed E-state index contributed by atoms with van der Waals surface area (Å²) in [6.45, 7) is 4.01. The Morgan fingerprint density at radius 1 is 1.20 bits per heavy atom. The van der Waals surface area contributed by atoms with E-state index in [9.17, 15) is 4.79 Å². The first-order chi connectivity index (χ1) is 12.2. The molecule has 0 saturated carbocycles. The molecule has 0 aromatic heterocycles. The van der Waals surface area contributed by atoms with E-state index in [0.717, 1.165) is 5.56 Å². The van der Waals surface area contributed by atoms with E-state index < -0.39 is 5.97 Å². The molecule has 5 nitrogen and oxygen atoms in total. The average molecular weight is 335 g/mol. The number of hydrogen-bond acceptors (Lipinski definition) is 5. The second-order valence-electron chi connectivity index (χ2n) is 5.21. The smallest absolute Gasteiger partial charge is 0.363 e. The molecular weight excluding hydrogens is 318 g/mol. The van der Waals surface area contributed by atoms with Gasteiger partial charge in [-0.1, -0.05) is 36.9 Å². The first-order valence-corrected chi connectivity index (χ1v) is 7.71. The Bertz CT molecular complexity index is 868. The van der Waals surface area contributed by atoms with E-state index in [0.29, 0.717) is 23.7 Å². The van der Waals surface area contributed by atoms with Gasteiger partial charge in [0.25, 0.3) is 0 Å². The van der Waals surface area contributed by atoms with Gasteiger partial charge < -0.3 is 14.2 Å². The maximum absolute atomic E-state index is 12.1. The maximum atomic E-state index is 12.1. The molecule has 2 aromatic carbocycles. The second kappa shape index (κ2) is 7.49. The van der Waals surface area contributed by atoms with E-state index in [1.807, 2.05) is 36.4 Å². The summed E-state index contributed by atoms with van der Waals surface area (Å²) in [5, 5.41) is 0. The fourth-order valence-electron chi connectivity index (χ4n) is 2.32. The molecule has 1 heterocycles. The van der Waals surface area contributed by atoms with Crippen LogP contribution in [0.1, 0.15) is 11.1 Å². The molecular formula is C20H17NO4. The lowest BCUT2D eigenvalue weighted by Gasteiger charge is -2.06. The molecule has 25 heavy (non-hydrogen) atoms. The Hall–Kier alpha value is -3.34. The highest BCUT2D eigenvalue weighted by Crippen LogP contribution is 2.25. The topological polar surface area (TPSA) is 57.1 Å². The molecule has 0 bridgehead atoms. The minimum absolute atomic E-state index is 0.215. The Morgan fingerprint density at radius 3 is 2.84 bits per heavy atom. The number of aliphatic imine (C=N–C) groups is 1. The van der Waals surface area contributed by atoms with E-state index in [1.54, 1.807) is 31.4 Å². The van der Waals surface area contributed by atoms with Gasteiger partial charge in [-0.05, 0) is 30.3 Å². The van der Waals surface area contributed by atoms with Gasteiger partial charge in [-0.3, -0.25) is 0 Å². The number of benzene rings is 2. The summed E-state index contributed by atoms with van der Waals surface area (Å²) in [5.74, 6) is 1.06. The molecule has 2 aromatic rings. The maximum Gasteiger partial charge on any atom is 0.363 e. The molecule has 1 aliphatic heterocycles. The Labute approximate surface area is 145 Å². The lowest BCUT2D eigenvalue weighted by molar-refractivity contribution is -0.129.